The van der Waals surface area contributed by atoms with Gasteiger partial charge in [0.1, 0.15) is 0 Å². The Morgan fingerprint density at radius 3 is 2.61 bits per heavy atom. The molecular formula is C15H20N2O. The molecular weight excluding hydrogens is 224 g/mol. The Balaban J connectivity index is 2.08. The van der Waals surface area contributed by atoms with Gasteiger partial charge in [-0.25, -0.2) is 0 Å². The lowest BCUT2D eigenvalue weighted by Crippen LogP contribution is -2.31. The first-order valence-electron chi connectivity index (χ1n) is 6.31. The van der Waals surface area contributed by atoms with E-state index >= 15 is 0 Å². The average molecular weight is 244 g/mol. The summed E-state index contributed by atoms with van der Waals surface area (Å²) < 4.78 is 5.16. The number of nitrogens with two attached hydrogens (primary N) is 1. The molecule has 18 heavy (non-hydrogen) atoms. The van der Waals surface area contributed by atoms with Crippen LogP contribution in [0.4, 0.5) is 0 Å². The predicted octanol–water partition coefficient (Wildman–Crippen LogP) is 2.80. The Kier molecular flexibility index (Phi) is 4.56. The molecule has 0 aliphatic carbocycles. The first kappa shape index (κ1) is 12.9. The number of furan rings is 1. The molecule has 2 N–H and O–H groups in total. The first-order valence-corrected chi connectivity index (χ1v) is 6.31. The SMILES string of the molecule is CC(c1ccoc1)N(CCN)Cc1ccccc1. The van der Waals surface area contributed by atoms with E-state index in [1.807, 2.05) is 12.1 Å². The maximum Gasteiger partial charge on any atom is 0.0950 e. The number of nitrogens with zero attached hydrogens (tertiary/aromatic N) is 1. The van der Waals surface area contributed by atoms with Gasteiger partial charge in [0.25, 0.3) is 0 Å². The van der Waals surface area contributed by atoms with Crippen molar-refractivity contribution in [2.45, 2.75) is 19.5 Å². The third-order valence-corrected chi connectivity index (χ3v) is 3.22. The molecule has 0 saturated carbocycles. The van der Waals surface area contributed by atoms with Crippen LogP contribution < -0.4 is 5.73 Å². The Labute approximate surface area is 108 Å². The minimum absolute atomic E-state index is 0.313. The molecule has 2 rings (SSSR count). The van der Waals surface area contributed by atoms with Crippen molar-refractivity contribution in [2.24, 2.45) is 5.73 Å². The van der Waals surface area contributed by atoms with Crippen LogP contribution in [0.5, 0.6) is 0 Å². The van der Waals surface area contributed by atoms with Gasteiger partial charge in [-0.05, 0) is 18.6 Å². The van der Waals surface area contributed by atoms with Gasteiger partial charge in [-0.2, -0.15) is 0 Å². The monoisotopic (exact) mass is 244 g/mol. The highest BCUT2D eigenvalue weighted by molar-refractivity contribution is 5.16. The van der Waals surface area contributed by atoms with Gasteiger partial charge in [0.2, 0.25) is 0 Å². The molecule has 0 saturated heterocycles. The lowest BCUT2D eigenvalue weighted by molar-refractivity contribution is 0.207. The maximum atomic E-state index is 5.71. The molecule has 1 aromatic heterocycles. The van der Waals surface area contributed by atoms with Crippen LogP contribution in [-0.4, -0.2) is 18.0 Å². The standard InChI is InChI=1S/C15H20N2O/c1-13(15-7-10-18-12-15)17(9-8-16)11-14-5-3-2-4-6-14/h2-7,10,12-13H,8-9,11,16H2,1H3. The number of rotatable bonds is 6. The average Bonchev–Trinajstić information content (AvgIpc) is 2.92. The van der Waals surface area contributed by atoms with Crippen molar-refractivity contribution in [3.05, 3.63) is 60.1 Å². The van der Waals surface area contributed by atoms with E-state index in [9.17, 15) is 0 Å². The first-order chi connectivity index (χ1) is 8.81. The molecule has 96 valence electrons. The van der Waals surface area contributed by atoms with Crippen molar-refractivity contribution in [1.29, 1.82) is 0 Å². The van der Waals surface area contributed by atoms with Gasteiger partial charge in [0.15, 0.2) is 0 Å². The highest BCUT2D eigenvalue weighted by Crippen LogP contribution is 2.22. The van der Waals surface area contributed by atoms with Crippen LogP contribution in [0.25, 0.3) is 0 Å². The number of hydrogen-bond acceptors (Lipinski definition) is 3. The summed E-state index contributed by atoms with van der Waals surface area (Å²) in [5.41, 5.74) is 8.21. The van der Waals surface area contributed by atoms with Crippen molar-refractivity contribution in [1.82, 2.24) is 4.90 Å². The minimum Gasteiger partial charge on any atom is -0.472 e. The largest absolute Gasteiger partial charge is 0.472 e. The Hall–Kier alpha value is -1.58. The molecule has 3 heteroatoms. The van der Waals surface area contributed by atoms with Crippen LogP contribution in [0.1, 0.15) is 24.1 Å². The Morgan fingerprint density at radius 2 is 2.00 bits per heavy atom. The second kappa shape index (κ2) is 6.38. The molecule has 0 bridgehead atoms. The van der Waals surface area contributed by atoms with Crippen LogP contribution in [0.15, 0.2) is 53.3 Å². The fourth-order valence-corrected chi connectivity index (χ4v) is 2.12. The van der Waals surface area contributed by atoms with Gasteiger partial charge >= 0.3 is 0 Å². The van der Waals surface area contributed by atoms with Gasteiger partial charge in [-0.15, -0.1) is 0 Å². The zero-order valence-corrected chi connectivity index (χ0v) is 10.8. The van der Waals surface area contributed by atoms with Crippen LogP contribution in [0, 0.1) is 0 Å². The second-order valence-electron chi connectivity index (χ2n) is 4.48. The topological polar surface area (TPSA) is 42.4 Å². The molecule has 0 fully saturated rings. The summed E-state index contributed by atoms with van der Waals surface area (Å²) in [5, 5.41) is 0. The van der Waals surface area contributed by atoms with Crippen molar-refractivity contribution in [3.8, 4) is 0 Å². The Morgan fingerprint density at radius 1 is 1.22 bits per heavy atom. The van der Waals surface area contributed by atoms with E-state index < -0.39 is 0 Å². The third-order valence-electron chi connectivity index (χ3n) is 3.22. The van der Waals surface area contributed by atoms with Crippen molar-refractivity contribution < 1.29 is 4.42 Å². The minimum atomic E-state index is 0.313. The zero-order valence-electron chi connectivity index (χ0n) is 10.8. The van der Waals surface area contributed by atoms with E-state index in [2.05, 4.69) is 36.1 Å². The van der Waals surface area contributed by atoms with E-state index in [0.29, 0.717) is 12.6 Å². The molecule has 2 aromatic rings. The van der Waals surface area contributed by atoms with E-state index in [0.717, 1.165) is 13.1 Å². The predicted molar refractivity (Wildman–Crippen MR) is 73.0 cm³/mol. The molecule has 0 spiro atoms. The van der Waals surface area contributed by atoms with Gasteiger partial charge in [0, 0.05) is 31.2 Å². The van der Waals surface area contributed by atoms with Crippen molar-refractivity contribution in [3.63, 3.8) is 0 Å². The quantitative estimate of drug-likeness (QED) is 0.849. The molecule has 0 aliphatic rings. The summed E-state index contributed by atoms with van der Waals surface area (Å²) in [6.45, 7) is 4.63. The summed E-state index contributed by atoms with van der Waals surface area (Å²) in [6, 6.07) is 12.8. The molecule has 0 radical (unpaired) electrons. The lowest BCUT2D eigenvalue weighted by Gasteiger charge is -2.28. The molecule has 1 aromatic carbocycles. The van der Waals surface area contributed by atoms with E-state index in [-0.39, 0.29) is 0 Å². The highest BCUT2D eigenvalue weighted by atomic mass is 16.3. The molecule has 1 heterocycles. The van der Waals surface area contributed by atoms with Crippen LogP contribution in [0.2, 0.25) is 0 Å². The fourth-order valence-electron chi connectivity index (χ4n) is 2.12. The van der Waals surface area contributed by atoms with Crippen LogP contribution in [0.3, 0.4) is 0 Å². The van der Waals surface area contributed by atoms with Gasteiger partial charge in [-0.1, -0.05) is 30.3 Å². The van der Waals surface area contributed by atoms with Crippen LogP contribution >= 0.6 is 0 Å². The summed E-state index contributed by atoms with van der Waals surface area (Å²) in [4.78, 5) is 2.36. The van der Waals surface area contributed by atoms with Gasteiger partial charge in [0.05, 0.1) is 12.5 Å². The Bertz CT molecular complexity index is 439. The van der Waals surface area contributed by atoms with Crippen molar-refractivity contribution in [2.75, 3.05) is 13.1 Å². The molecule has 1 atom stereocenters. The summed E-state index contributed by atoms with van der Waals surface area (Å²) in [6.07, 6.45) is 3.52. The van der Waals surface area contributed by atoms with Crippen LogP contribution in [-0.2, 0) is 6.54 Å². The second-order valence-corrected chi connectivity index (χ2v) is 4.48. The number of benzene rings is 1. The summed E-state index contributed by atoms with van der Waals surface area (Å²) >= 11 is 0. The third kappa shape index (κ3) is 3.22. The summed E-state index contributed by atoms with van der Waals surface area (Å²) in [5.74, 6) is 0. The van der Waals surface area contributed by atoms with Gasteiger partial charge in [-0.3, -0.25) is 4.90 Å². The smallest absolute Gasteiger partial charge is 0.0950 e. The number of hydrogen-bond donors (Lipinski definition) is 1. The summed E-state index contributed by atoms with van der Waals surface area (Å²) in [7, 11) is 0. The molecule has 0 amide bonds. The highest BCUT2D eigenvalue weighted by Gasteiger charge is 2.16. The molecule has 1 unspecified atom stereocenters. The molecule has 3 nitrogen and oxygen atoms in total. The molecule has 0 aliphatic heterocycles. The zero-order chi connectivity index (χ0) is 12.8. The van der Waals surface area contributed by atoms with E-state index in [1.54, 1.807) is 12.5 Å². The van der Waals surface area contributed by atoms with E-state index in [1.165, 1.54) is 11.1 Å². The fraction of sp³-hybridized carbons (Fsp3) is 0.333. The maximum absolute atomic E-state index is 5.71. The normalized spacial score (nSPS) is 12.8. The van der Waals surface area contributed by atoms with Crippen molar-refractivity contribution >= 4 is 0 Å². The lowest BCUT2D eigenvalue weighted by atomic mass is 10.1. The van der Waals surface area contributed by atoms with E-state index in [4.69, 9.17) is 10.2 Å². The van der Waals surface area contributed by atoms with Gasteiger partial charge < -0.3 is 10.2 Å².